The fourth-order valence-electron chi connectivity index (χ4n) is 18.1. The molecule has 12 rings (SSSR count). The minimum atomic E-state index is -4.12. The summed E-state index contributed by atoms with van der Waals surface area (Å²) in [4.78, 5) is 30.2. The van der Waals surface area contributed by atoms with Crippen molar-refractivity contribution in [2.75, 3.05) is 29.5 Å². The quantitative estimate of drug-likeness (QED) is 0.0140. The van der Waals surface area contributed by atoms with Crippen LogP contribution in [0, 0.1) is 34.5 Å². The van der Waals surface area contributed by atoms with Gasteiger partial charge in [0, 0.05) is 53.2 Å². The minimum Gasteiger partial charge on any atom is -0.423 e. The fourth-order valence-corrected chi connectivity index (χ4v) is 19.2. The van der Waals surface area contributed by atoms with Crippen molar-refractivity contribution in [3.05, 3.63) is 166 Å². The average Bonchev–Trinajstić information content (AvgIpc) is 1.68. The standard InChI is InChI=1S/C73H88N2O11S2/c1-70(2)60-44-48(68(78)85-50-22-26-52-46(42-50)18-24-56-54(52)34-36-72(5)58(56)28-32-66(72)76)20-30-62(60)74(38-12-14-40-87(80)81)64(70)16-10-8-7-9-11-17-65-71(3,4)61-45-49(21-31-63(61)75(65)39-13-15-41-88(82,83)84)69(79)86-51-23-27-53-47(43-51)19-25-57-55(53)35-37-73(6)59(57)29-33-67(73)77/h7-11,16-17,20-23,26-27,30-31,42-45,54-59,66-67,76-77H,12-15,18-19,24-25,28-29,32-41H2,1-6H3,(H-,80,81,82,83,84)/p+1/t54?,55?,56?,57?,58?,59?,66-,67-,72-,73-/m0/s1. The van der Waals surface area contributed by atoms with Gasteiger partial charge in [0.05, 0.1) is 34.5 Å². The van der Waals surface area contributed by atoms with Gasteiger partial charge >= 0.3 is 11.9 Å². The van der Waals surface area contributed by atoms with Gasteiger partial charge in [-0.15, -0.1) is 0 Å². The van der Waals surface area contributed by atoms with Crippen molar-refractivity contribution in [1.29, 1.82) is 0 Å². The average molecular weight is 1230 g/mol. The van der Waals surface area contributed by atoms with Crippen LogP contribution in [0.25, 0.3) is 0 Å². The molecule has 0 aromatic heterocycles. The van der Waals surface area contributed by atoms with Crippen molar-refractivity contribution >= 4 is 50.2 Å². The van der Waals surface area contributed by atoms with Crippen LogP contribution in [0.5, 0.6) is 11.5 Å². The molecule has 2 aliphatic heterocycles. The number of aryl methyl sites for hydroxylation is 2. The Labute approximate surface area is 523 Å². The van der Waals surface area contributed by atoms with Gasteiger partial charge in [-0.1, -0.05) is 70.2 Å². The van der Waals surface area contributed by atoms with Gasteiger partial charge in [-0.25, -0.2) is 13.8 Å². The second-order valence-corrected chi connectivity index (χ2v) is 31.0. The van der Waals surface area contributed by atoms with Crippen molar-refractivity contribution in [3.63, 3.8) is 0 Å². The molecule has 0 spiro atoms. The molecule has 0 saturated heterocycles. The van der Waals surface area contributed by atoms with Gasteiger partial charge in [-0.3, -0.25) is 4.55 Å². The normalized spacial score (nSPS) is 29.8. The van der Waals surface area contributed by atoms with E-state index in [0.29, 0.717) is 90.5 Å². The van der Waals surface area contributed by atoms with Crippen LogP contribution in [0.4, 0.5) is 11.4 Å². The second-order valence-electron chi connectivity index (χ2n) is 28.4. The van der Waals surface area contributed by atoms with E-state index in [1.165, 1.54) is 22.3 Å². The lowest BCUT2D eigenvalue weighted by Gasteiger charge is -2.50. The number of fused-ring (bicyclic) bond motifs is 12. The molecule has 4 saturated carbocycles. The van der Waals surface area contributed by atoms with Crippen LogP contribution in [0.15, 0.2) is 121 Å². The van der Waals surface area contributed by atoms with Crippen LogP contribution in [0.2, 0.25) is 0 Å². The van der Waals surface area contributed by atoms with Crippen molar-refractivity contribution in [2.24, 2.45) is 34.5 Å². The number of aliphatic hydroxyl groups excluding tert-OH is 2. The van der Waals surface area contributed by atoms with Crippen LogP contribution in [-0.4, -0.2) is 91.0 Å². The third kappa shape index (κ3) is 11.7. The molecule has 4 aromatic rings. The molecule has 13 nitrogen and oxygen atoms in total. The van der Waals surface area contributed by atoms with E-state index in [1.54, 1.807) is 6.07 Å². The van der Waals surface area contributed by atoms with E-state index in [2.05, 4.69) is 87.4 Å². The highest BCUT2D eigenvalue weighted by Gasteiger charge is 2.56. The van der Waals surface area contributed by atoms with Gasteiger partial charge in [0.15, 0.2) is 16.8 Å². The molecule has 7 unspecified atom stereocenters. The lowest BCUT2D eigenvalue weighted by Crippen LogP contribution is -2.43. The monoisotopic (exact) mass is 1230 g/mol. The van der Waals surface area contributed by atoms with Crippen LogP contribution in [0.1, 0.15) is 197 Å². The number of unbranched alkanes of at least 4 members (excludes halogenated alkanes) is 2. The maximum atomic E-state index is 14.0. The number of aliphatic hydroxyl groups is 2. The van der Waals surface area contributed by atoms with Crippen molar-refractivity contribution in [2.45, 2.75) is 179 Å². The highest BCUT2D eigenvalue weighted by Crippen LogP contribution is 2.63. The Kier molecular flexibility index (Phi) is 17.3. The number of ether oxygens (including phenoxy) is 2. The van der Waals surface area contributed by atoms with Crippen molar-refractivity contribution in [3.8, 4) is 11.5 Å². The molecule has 0 radical (unpaired) electrons. The first-order valence-electron chi connectivity index (χ1n) is 32.5. The van der Waals surface area contributed by atoms with Gasteiger partial charge in [-0.2, -0.15) is 13.0 Å². The summed E-state index contributed by atoms with van der Waals surface area (Å²) in [5.74, 6) is 3.24. The molecule has 4 aromatic carbocycles. The molecule has 11 atom stereocenters. The Bertz CT molecular complexity index is 3710. The maximum Gasteiger partial charge on any atom is 0.343 e. The lowest BCUT2D eigenvalue weighted by molar-refractivity contribution is -0.438. The van der Waals surface area contributed by atoms with Crippen LogP contribution >= 0.6 is 0 Å². The molecule has 6 aliphatic carbocycles. The van der Waals surface area contributed by atoms with E-state index < -0.39 is 44.0 Å². The number of allylic oxidation sites excluding steroid dienone is 8. The number of hydrogen-bond acceptors (Lipinski definition) is 10. The largest absolute Gasteiger partial charge is 0.423 e. The van der Waals surface area contributed by atoms with Crippen LogP contribution in [-0.2, 0) is 44.9 Å². The van der Waals surface area contributed by atoms with Crippen molar-refractivity contribution in [1.82, 2.24) is 0 Å². The first kappa shape index (κ1) is 62.4. The number of esters is 2. The Morgan fingerprint density at radius 3 is 1.78 bits per heavy atom. The van der Waals surface area contributed by atoms with E-state index in [-0.39, 0.29) is 41.0 Å². The second kappa shape index (κ2) is 24.4. The third-order valence-corrected chi connectivity index (χ3v) is 24.4. The number of anilines is 1. The SMILES string of the molecule is CC1(C)C(/C=C/C=C/C=C/C=C2\N(CCCCS(=O)(=O)O)c3ccc(C(=O)Oc4ccc5c(c4)CCC4C5CC[C@@]5(C)C4CC[C@@H]5O)cc3C2(C)C)=[N+](CCCCS(=O)O)c2ccc(C(=O)Oc3ccc4c(c3)CCC3C4CC[C@@]4(C)C3CC[C@@H]4O)cc21. The molecule has 0 bridgehead atoms. The Morgan fingerprint density at radius 1 is 0.648 bits per heavy atom. The summed E-state index contributed by atoms with van der Waals surface area (Å²) in [6, 6.07) is 23.7. The summed E-state index contributed by atoms with van der Waals surface area (Å²) in [5.41, 5.74) is 10.9. The fraction of sp³-hybridized carbons (Fsp3) is 0.521. The zero-order valence-corrected chi connectivity index (χ0v) is 53.7. The Balaban J connectivity index is 0.729. The first-order chi connectivity index (χ1) is 42.0. The van der Waals surface area contributed by atoms with Gasteiger partial charge in [0.25, 0.3) is 10.1 Å². The molecular formula is C73H89N2O11S2+. The van der Waals surface area contributed by atoms with Crippen LogP contribution in [0.3, 0.4) is 0 Å². The highest BCUT2D eigenvalue weighted by atomic mass is 32.2. The van der Waals surface area contributed by atoms with E-state index in [9.17, 15) is 41.5 Å². The molecule has 0 amide bonds. The summed E-state index contributed by atoms with van der Waals surface area (Å²) < 4.78 is 68.6. The molecule has 8 aliphatic rings. The van der Waals surface area contributed by atoms with Gasteiger partial charge in [0.2, 0.25) is 5.69 Å². The first-order valence-corrected chi connectivity index (χ1v) is 35.4. The molecule has 88 heavy (non-hydrogen) atoms. The molecule has 2 heterocycles. The number of carbonyl (C=O) groups is 2. The Morgan fingerprint density at radius 2 is 1.20 bits per heavy atom. The number of carbonyl (C=O) groups excluding carboxylic acids is 2. The lowest BCUT2D eigenvalue weighted by atomic mass is 9.55. The summed E-state index contributed by atoms with van der Waals surface area (Å²) in [5, 5.41) is 21.8. The predicted octanol–water partition coefficient (Wildman–Crippen LogP) is 14.0. The van der Waals surface area contributed by atoms with Gasteiger partial charge < -0.3 is 29.1 Å². The molecular weight excluding hydrogens is 1140 g/mol. The zero-order chi connectivity index (χ0) is 62.1. The topological polar surface area (TPSA) is 191 Å². The van der Waals surface area contributed by atoms with E-state index >= 15 is 0 Å². The zero-order valence-electron chi connectivity index (χ0n) is 52.1. The minimum absolute atomic E-state index is 0.0110. The number of hydrogen-bond donors (Lipinski definition) is 4. The summed E-state index contributed by atoms with van der Waals surface area (Å²) in [6.45, 7) is 14.2. The predicted molar refractivity (Wildman–Crippen MR) is 346 cm³/mol. The molecule has 4 N–H and O–H groups in total. The van der Waals surface area contributed by atoms with Gasteiger partial charge in [-0.05, 0) is 245 Å². The summed E-state index contributed by atoms with van der Waals surface area (Å²) in [6.07, 6.45) is 27.8. The Hall–Kier alpha value is -5.81. The number of benzene rings is 4. The molecule has 15 heteroatoms. The van der Waals surface area contributed by atoms with E-state index in [0.717, 1.165) is 111 Å². The third-order valence-electron chi connectivity index (χ3n) is 22.9. The van der Waals surface area contributed by atoms with Crippen LogP contribution < -0.4 is 14.4 Å². The summed E-state index contributed by atoms with van der Waals surface area (Å²) >= 11 is -1.89. The smallest absolute Gasteiger partial charge is 0.343 e. The number of rotatable bonds is 18. The number of nitrogens with zero attached hydrogens (tertiary/aromatic N) is 2. The maximum absolute atomic E-state index is 14.0. The summed E-state index contributed by atoms with van der Waals surface area (Å²) in [7, 11) is -4.12. The van der Waals surface area contributed by atoms with E-state index in [4.69, 9.17) is 9.47 Å². The molecule has 468 valence electrons. The van der Waals surface area contributed by atoms with Gasteiger partial charge in [0.1, 0.15) is 18.0 Å². The van der Waals surface area contributed by atoms with Crippen molar-refractivity contribution < 1.29 is 55.6 Å². The molecule has 4 fully saturated rings. The van der Waals surface area contributed by atoms with E-state index in [1.807, 2.05) is 72.8 Å². The highest BCUT2D eigenvalue weighted by molar-refractivity contribution is 7.85.